The van der Waals surface area contributed by atoms with Crippen LogP contribution in [0.5, 0.6) is 5.88 Å². The van der Waals surface area contributed by atoms with E-state index < -0.39 is 10.0 Å². The van der Waals surface area contributed by atoms with Gasteiger partial charge in [-0.15, -0.1) is 22.7 Å². The number of nitrogens with one attached hydrogen (secondary N) is 1. The van der Waals surface area contributed by atoms with E-state index in [9.17, 15) is 13.2 Å². The van der Waals surface area contributed by atoms with E-state index in [-0.39, 0.29) is 55.2 Å². The van der Waals surface area contributed by atoms with E-state index in [0.29, 0.717) is 16.0 Å². The summed E-state index contributed by atoms with van der Waals surface area (Å²) in [5.74, 6) is 1.10. The van der Waals surface area contributed by atoms with Gasteiger partial charge in [0.25, 0.3) is 0 Å². The quantitative estimate of drug-likeness (QED) is 0.206. The molecule has 8 nitrogen and oxygen atoms in total. The number of amides is 1. The summed E-state index contributed by atoms with van der Waals surface area (Å²) in [6, 6.07) is 15.2. The molecule has 1 aliphatic heterocycles. The first-order valence-electron chi connectivity index (χ1n) is 13.8. The summed E-state index contributed by atoms with van der Waals surface area (Å²) >= 11 is 2.86. The van der Waals surface area contributed by atoms with Gasteiger partial charge in [0.2, 0.25) is 21.8 Å². The zero-order valence-corrected chi connectivity index (χ0v) is 27.0. The number of ether oxygens (including phenoxy) is 1. The van der Waals surface area contributed by atoms with Gasteiger partial charge in [-0.25, -0.2) is 23.1 Å². The monoisotopic (exact) mass is 696 g/mol. The number of carbonyl (C=O) groups is 1. The molecule has 3 aromatic heterocycles. The summed E-state index contributed by atoms with van der Waals surface area (Å²) in [6.07, 6.45) is 2.46. The highest BCUT2D eigenvalue weighted by Crippen LogP contribution is 2.32. The molecule has 0 unspecified atom stereocenters. The smallest absolute Gasteiger partial charge is 0.250 e. The van der Waals surface area contributed by atoms with Gasteiger partial charge in [0.05, 0.1) is 22.0 Å². The van der Waals surface area contributed by atoms with Crippen LogP contribution in [0.1, 0.15) is 91.5 Å². The first-order chi connectivity index (χ1) is 19.5. The first kappa shape index (κ1) is 47.5. The van der Waals surface area contributed by atoms with E-state index in [1.165, 1.54) is 24.2 Å². The van der Waals surface area contributed by atoms with E-state index in [1.54, 1.807) is 42.7 Å². The lowest BCUT2D eigenvalue weighted by atomic mass is 10.2. The Kier molecular flexibility index (Phi) is 23.4. The molecule has 1 fully saturated rings. The van der Waals surface area contributed by atoms with Crippen LogP contribution in [0.25, 0.3) is 21.6 Å². The average molecular weight is 697 g/mol. The maximum absolute atomic E-state index is 11.4. The second-order valence-corrected chi connectivity index (χ2v) is 14.2. The molecule has 0 radical (unpaired) electrons. The van der Waals surface area contributed by atoms with Crippen molar-refractivity contribution in [2.75, 3.05) is 13.1 Å². The van der Waals surface area contributed by atoms with Gasteiger partial charge in [-0.3, -0.25) is 4.79 Å². The van der Waals surface area contributed by atoms with E-state index >= 15 is 0 Å². The van der Waals surface area contributed by atoms with Crippen molar-refractivity contribution < 1.29 is 17.9 Å². The molecule has 262 valence electrons. The standard InChI is InChI=1S/C15H14N2OS.C8H15NO.C7H11NO2S2.5CH4/c1-10(2)18-15-14(13-8-5-9-19-13)16-11-6-3-4-7-12(11)17-15;1-7(2)8(10)9-5-3-4-6-9;1-6(2)8-12(9,10)7-4-3-5-11-7;;;;;/h3-10H,1-2H3;7H,3-6H2,1-2H3;3-6,8H,1-2H3;5*1H4. The molecule has 11 heteroatoms. The van der Waals surface area contributed by atoms with Gasteiger partial charge >= 0.3 is 0 Å². The molecular formula is C35H60N4O4S3. The zero-order valence-electron chi connectivity index (χ0n) is 24.5. The van der Waals surface area contributed by atoms with E-state index in [1.807, 2.05) is 74.4 Å². The highest BCUT2D eigenvalue weighted by Gasteiger charge is 2.20. The number of aromatic nitrogens is 2. The van der Waals surface area contributed by atoms with Crippen LogP contribution in [0.15, 0.2) is 63.5 Å². The van der Waals surface area contributed by atoms with Crippen LogP contribution in [0.3, 0.4) is 0 Å². The molecule has 5 rings (SSSR count). The fourth-order valence-electron chi connectivity index (χ4n) is 3.95. The molecule has 0 atom stereocenters. The highest BCUT2D eigenvalue weighted by atomic mass is 32.2. The van der Waals surface area contributed by atoms with Crippen LogP contribution in [-0.4, -0.2) is 54.4 Å². The van der Waals surface area contributed by atoms with Crippen LogP contribution in [0.2, 0.25) is 0 Å². The fraction of sp³-hybridized carbons (Fsp3) is 0.514. The fourth-order valence-corrected chi connectivity index (χ4v) is 6.92. The minimum atomic E-state index is -3.25. The summed E-state index contributed by atoms with van der Waals surface area (Å²) in [4.78, 5) is 23.6. The third-order valence-corrected chi connectivity index (χ3v) is 9.64. The second kappa shape index (κ2) is 22.6. The van der Waals surface area contributed by atoms with Crippen molar-refractivity contribution in [3.63, 3.8) is 0 Å². The van der Waals surface area contributed by atoms with Crippen molar-refractivity contribution in [3.8, 4) is 16.5 Å². The number of carbonyl (C=O) groups excluding carboxylic acids is 1. The molecule has 1 aromatic carbocycles. The van der Waals surface area contributed by atoms with Gasteiger partial charge in [-0.2, -0.15) is 0 Å². The van der Waals surface area contributed by atoms with E-state index in [2.05, 4.69) is 9.71 Å². The number of thiophene rings is 2. The molecule has 46 heavy (non-hydrogen) atoms. The number of hydrogen-bond donors (Lipinski definition) is 1. The topological polar surface area (TPSA) is 101 Å². The molecule has 4 aromatic rings. The van der Waals surface area contributed by atoms with Crippen molar-refractivity contribution in [1.29, 1.82) is 0 Å². The third kappa shape index (κ3) is 14.3. The number of sulfonamides is 1. The van der Waals surface area contributed by atoms with Crippen molar-refractivity contribution in [3.05, 3.63) is 59.3 Å². The molecule has 0 aliphatic carbocycles. The van der Waals surface area contributed by atoms with Crippen molar-refractivity contribution in [2.24, 2.45) is 5.92 Å². The minimum Gasteiger partial charge on any atom is -0.473 e. The Balaban J connectivity index is -0.000000606. The third-order valence-electron chi connectivity index (χ3n) is 5.70. The molecule has 0 saturated carbocycles. The number of nitrogens with zero attached hydrogens (tertiary/aromatic N) is 3. The molecule has 0 bridgehead atoms. The summed E-state index contributed by atoms with van der Waals surface area (Å²) in [7, 11) is -3.25. The number of benzene rings is 1. The van der Waals surface area contributed by atoms with Crippen LogP contribution in [-0.2, 0) is 14.8 Å². The lowest BCUT2D eigenvalue weighted by Gasteiger charge is -2.17. The molecule has 1 N–H and O–H groups in total. The minimum absolute atomic E-state index is 0. The summed E-state index contributed by atoms with van der Waals surface area (Å²) < 4.78 is 31.5. The Morgan fingerprint density at radius 1 is 0.804 bits per heavy atom. The maximum Gasteiger partial charge on any atom is 0.250 e. The maximum atomic E-state index is 11.4. The first-order valence-corrected chi connectivity index (χ1v) is 17.0. The van der Waals surface area contributed by atoms with Crippen molar-refractivity contribution in [1.82, 2.24) is 19.6 Å². The largest absolute Gasteiger partial charge is 0.473 e. The lowest BCUT2D eigenvalue weighted by Crippen LogP contribution is -2.31. The van der Waals surface area contributed by atoms with Gasteiger partial charge in [-0.05, 0) is 75.6 Å². The van der Waals surface area contributed by atoms with Crippen molar-refractivity contribution in [2.45, 2.75) is 108 Å². The molecule has 1 saturated heterocycles. The van der Waals surface area contributed by atoms with Gasteiger partial charge in [0, 0.05) is 25.0 Å². The Bertz CT molecular complexity index is 1470. The SMILES string of the molecule is C.C.C.C.C.CC(C)C(=O)N1CCCC1.CC(C)NS(=O)(=O)c1cccs1.CC(C)Oc1nc2ccccc2nc1-c1cccs1. The number of rotatable bonds is 7. The highest BCUT2D eigenvalue weighted by molar-refractivity contribution is 7.91. The molecular weight excluding hydrogens is 637 g/mol. The Labute approximate surface area is 288 Å². The van der Waals surface area contributed by atoms with Crippen LogP contribution < -0.4 is 9.46 Å². The molecule has 1 aliphatic rings. The van der Waals surface area contributed by atoms with E-state index in [0.717, 1.165) is 34.7 Å². The predicted molar refractivity (Wildman–Crippen MR) is 203 cm³/mol. The van der Waals surface area contributed by atoms with Crippen LogP contribution in [0.4, 0.5) is 0 Å². The lowest BCUT2D eigenvalue weighted by molar-refractivity contribution is -0.133. The normalized spacial score (nSPS) is 11.8. The van der Waals surface area contributed by atoms with Gasteiger partial charge in [-0.1, -0.05) is 75.2 Å². The Morgan fingerprint density at radius 3 is 1.80 bits per heavy atom. The van der Waals surface area contributed by atoms with E-state index in [4.69, 9.17) is 9.72 Å². The number of fused-ring (bicyclic) bond motifs is 1. The zero-order chi connectivity index (χ0) is 30.0. The average Bonchev–Trinajstić information content (AvgIpc) is 3.71. The van der Waals surface area contributed by atoms with Gasteiger partial charge in [0.15, 0.2) is 0 Å². The summed E-state index contributed by atoms with van der Waals surface area (Å²) in [5.41, 5.74) is 2.57. The molecule has 0 spiro atoms. The number of likely N-dealkylation sites (tertiary alicyclic amines) is 1. The van der Waals surface area contributed by atoms with Crippen LogP contribution >= 0.6 is 22.7 Å². The molecule has 1 amide bonds. The molecule has 4 heterocycles. The van der Waals surface area contributed by atoms with Crippen molar-refractivity contribution >= 4 is 49.6 Å². The Hall–Kier alpha value is -2.86. The summed E-state index contributed by atoms with van der Waals surface area (Å²) in [5, 5.41) is 3.78. The number of hydrogen-bond acceptors (Lipinski definition) is 8. The second-order valence-electron chi connectivity index (χ2n) is 10.4. The Morgan fingerprint density at radius 2 is 1.35 bits per heavy atom. The van der Waals surface area contributed by atoms with Crippen LogP contribution in [0, 0.1) is 5.92 Å². The number of para-hydroxylation sites is 2. The summed E-state index contributed by atoms with van der Waals surface area (Å²) in [6.45, 7) is 13.5. The predicted octanol–water partition coefficient (Wildman–Crippen LogP) is 10.0. The van der Waals surface area contributed by atoms with Gasteiger partial charge in [0.1, 0.15) is 9.90 Å². The van der Waals surface area contributed by atoms with Gasteiger partial charge < -0.3 is 9.64 Å².